The van der Waals surface area contributed by atoms with Gasteiger partial charge in [0.25, 0.3) is 0 Å². The van der Waals surface area contributed by atoms with Crippen molar-refractivity contribution in [1.82, 2.24) is 5.32 Å². The smallest absolute Gasteiger partial charge is 0.00951 e. The molecule has 14 heavy (non-hydrogen) atoms. The Hall–Kier alpha value is 0.310. The molecule has 0 bridgehead atoms. The van der Waals surface area contributed by atoms with Crippen molar-refractivity contribution in [2.45, 2.75) is 52.0 Å². The predicted molar refractivity (Wildman–Crippen MR) is 67.0 cm³/mol. The van der Waals surface area contributed by atoms with E-state index >= 15 is 0 Å². The van der Waals surface area contributed by atoms with Gasteiger partial charge in [0.15, 0.2) is 0 Å². The van der Waals surface area contributed by atoms with E-state index in [-0.39, 0.29) is 0 Å². The summed E-state index contributed by atoms with van der Waals surface area (Å²) >= 11 is 1.98. The first-order chi connectivity index (χ1) is 6.75. The number of thioether (sulfide) groups is 1. The summed E-state index contributed by atoms with van der Waals surface area (Å²) in [5, 5.41) is 3.66. The van der Waals surface area contributed by atoms with Crippen molar-refractivity contribution in [1.29, 1.82) is 0 Å². The van der Waals surface area contributed by atoms with Crippen LogP contribution in [0, 0.1) is 5.41 Å². The molecule has 0 aliphatic heterocycles. The van der Waals surface area contributed by atoms with Gasteiger partial charge in [0, 0.05) is 6.04 Å². The summed E-state index contributed by atoms with van der Waals surface area (Å²) in [4.78, 5) is 0. The predicted octanol–water partition coefficient (Wildman–Crippen LogP) is 3.30. The fraction of sp³-hybridized carbons (Fsp3) is 1.00. The first-order valence-corrected chi connectivity index (χ1v) is 7.37. The lowest BCUT2D eigenvalue weighted by atomic mass is 9.92. The molecule has 1 saturated carbocycles. The van der Waals surface area contributed by atoms with Gasteiger partial charge in [0.2, 0.25) is 0 Å². The standard InChI is InChI=1S/C12H25NS/c1-4-9-13-11(2)12(7-8-12)6-5-10-14-3/h11,13H,4-10H2,1-3H3. The van der Waals surface area contributed by atoms with Gasteiger partial charge in [-0.05, 0) is 63.0 Å². The molecule has 1 fully saturated rings. The van der Waals surface area contributed by atoms with Crippen molar-refractivity contribution < 1.29 is 0 Å². The molecule has 1 atom stereocenters. The van der Waals surface area contributed by atoms with Gasteiger partial charge in [0.05, 0.1) is 0 Å². The summed E-state index contributed by atoms with van der Waals surface area (Å²) in [7, 11) is 0. The molecule has 1 aliphatic carbocycles. The third kappa shape index (κ3) is 3.47. The Morgan fingerprint density at radius 2 is 2.14 bits per heavy atom. The molecule has 0 aromatic rings. The van der Waals surface area contributed by atoms with E-state index in [2.05, 4.69) is 25.4 Å². The van der Waals surface area contributed by atoms with Crippen LogP contribution in [-0.4, -0.2) is 24.6 Å². The van der Waals surface area contributed by atoms with Crippen molar-refractivity contribution in [2.24, 2.45) is 5.41 Å². The first kappa shape index (κ1) is 12.4. The molecule has 2 heteroatoms. The molecule has 0 heterocycles. The van der Waals surface area contributed by atoms with E-state index in [1.807, 2.05) is 11.8 Å². The van der Waals surface area contributed by atoms with Crippen molar-refractivity contribution in [3.05, 3.63) is 0 Å². The number of rotatable bonds is 8. The topological polar surface area (TPSA) is 12.0 Å². The summed E-state index contributed by atoms with van der Waals surface area (Å²) < 4.78 is 0. The van der Waals surface area contributed by atoms with Crippen molar-refractivity contribution >= 4 is 11.8 Å². The Balaban J connectivity index is 2.19. The van der Waals surface area contributed by atoms with Crippen LogP contribution in [0.3, 0.4) is 0 Å². The van der Waals surface area contributed by atoms with Crippen LogP contribution in [0.1, 0.15) is 46.0 Å². The van der Waals surface area contributed by atoms with Crippen LogP contribution in [0.15, 0.2) is 0 Å². The highest BCUT2D eigenvalue weighted by Crippen LogP contribution is 2.52. The maximum atomic E-state index is 3.66. The van der Waals surface area contributed by atoms with Gasteiger partial charge in [0.1, 0.15) is 0 Å². The zero-order chi connectivity index (χ0) is 10.4. The van der Waals surface area contributed by atoms with Crippen LogP contribution in [0.25, 0.3) is 0 Å². The second kappa shape index (κ2) is 6.02. The largest absolute Gasteiger partial charge is 0.314 e. The van der Waals surface area contributed by atoms with Crippen molar-refractivity contribution in [3.63, 3.8) is 0 Å². The van der Waals surface area contributed by atoms with Gasteiger partial charge >= 0.3 is 0 Å². The Labute approximate surface area is 93.4 Å². The van der Waals surface area contributed by atoms with E-state index in [0.29, 0.717) is 5.41 Å². The molecule has 0 aromatic carbocycles. The van der Waals surface area contributed by atoms with E-state index < -0.39 is 0 Å². The van der Waals surface area contributed by atoms with E-state index in [4.69, 9.17) is 0 Å². The Kier molecular flexibility index (Phi) is 5.32. The molecule has 0 saturated heterocycles. The molecule has 0 spiro atoms. The van der Waals surface area contributed by atoms with Crippen LogP contribution in [-0.2, 0) is 0 Å². The summed E-state index contributed by atoms with van der Waals surface area (Å²) in [6, 6.07) is 0.740. The molecule has 0 amide bonds. The second-order valence-corrected chi connectivity index (χ2v) is 5.62. The molecule has 84 valence electrons. The molecule has 1 unspecified atom stereocenters. The van der Waals surface area contributed by atoms with Gasteiger partial charge < -0.3 is 5.32 Å². The Bertz CT molecular complexity index is 154. The third-order valence-corrected chi connectivity index (χ3v) is 4.23. The van der Waals surface area contributed by atoms with Crippen LogP contribution in [0.5, 0.6) is 0 Å². The minimum Gasteiger partial charge on any atom is -0.314 e. The fourth-order valence-electron chi connectivity index (χ4n) is 2.21. The van der Waals surface area contributed by atoms with Gasteiger partial charge in [-0.3, -0.25) is 0 Å². The van der Waals surface area contributed by atoms with E-state index in [0.717, 1.165) is 6.04 Å². The van der Waals surface area contributed by atoms with Crippen LogP contribution in [0.2, 0.25) is 0 Å². The first-order valence-electron chi connectivity index (χ1n) is 5.97. The van der Waals surface area contributed by atoms with Gasteiger partial charge in [-0.15, -0.1) is 0 Å². The normalized spacial score (nSPS) is 20.8. The molecule has 0 aromatic heterocycles. The quantitative estimate of drug-likeness (QED) is 0.624. The number of nitrogens with one attached hydrogen (secondary N) is 1. The summed E-state index contributed by atoms with van der Waals surface area (Å²) in [5.74, 6) is 1.34. The lowest BCUT2D eigenvalue weighted by molar-refractivity contribution is 0.329. The number of hydrogen-bond acceptors (Lipinski definition) is 2. The van der Waals surface area contributed by atoms with Crippen LogP contribution in [0.4, 0.5) is 0 Å². The van der Waals surface area contributed by atoms with E-state index in [1.165, 1.54) is 44.4 Å². The molecule has 1 rings (SSSR count). The second-order valence-electron chi connectivity index (χ2n) is 4.63. The zero-order valence-electron chi connectivity index (χ0n) is 9.94. The van der Waals surface area contributed by atoms with Crippen molar-refractivity contribution in [2.75, 3.05) is 18.6 Å². The molecular formula is C12H25NS. The summed E-state index contributed by atoms with van der Waals surface area (Å²) in [6.45, 7) is 5.81. The lowest BCUT2D eigenvalue weighted by Gasteiger charge is -2.24. The van der Waals surface area contributed by atoms with E-state index in [1.54, 1.807) is 0 Å². The summed E-state index contributed by atoms with van der Waals surface area (Å²) in [6.07, 6.45) is 9.22. The monoisotopic (exact) mass is 215 g/mol. The minimum atomic E-state index is 0.685. The molecule has 1 aliphatic rings. The number of hydrogen-bond donors (Lipinski definition) is 1. The van der Waals surface area contributed by atoms with Gasteiger partial charge in [-0.25, -0.2) is 0 Å². The highest BCUT2D eigenvalue weighted by atomic mass is 32.2. The highest BCUT2D eigenvalue weighted by Gasteiger charge is 2.45. The third-order valence-electron chi connectivity index (χ3n) is 3.53. The SMILES string of the molecule is CCCNC(C)C1(CCCSC)CC1. The molecule has 1 N–H and O–H groups in total. The Morgan fingerprint density at radius 3 is 2.64 bits per heavy atom. The maximum Gasteiger partial charge on any atom is 0.00951 e. The molecule has 0 radical (unpaired) electrons. The lowest BCUT2D eigenvalue weighted by Crippen LogP contribution is -2.35. The van der Waals surface area contributed by atoms with Crippen LogP contribution >= 0.6 is 11.8 Å². The van der Waals surface area contributed by atoms with Crippen molar-refractivity contribution in [3.8, 4) is 0 Å². The molecule has 1 nitrogen and oxygen atoms in total. The summed E-state index contributed by atoms with van der Waals surface area (Å²) in [5.41, 5.74) is 0.685. The Morgan fingerprint density at radius 1 is 1.43 bits per heavy atom. The fourth-order valence-corrected chi connectivity index (χ4v) is 2.64. The zero-order valence-corrected chi connectivity index (χ0v) is 10.8. The van der Waals surface area contributed by atoms with E-state index in [9.17, 15) is 0 Å². The highest BCUT2D eigenvalue weighted by molar-refractivity contribution is 7.98. The molecular weight excluding hydrogens is 190 g/mol. The average Bonchev–Trinajstić information content (AvgIpc) is 2.96. The average molecular weight is 215 g/mol. The minimum absolute atomic E-state index is 0.685. The van der Waals surface area contributed by atoms with Gasteiger partial charge in [-0.2, -0.15) is 11.8 Å². The van der Waals surface area contributed by atoms with Gasteiger partial charge in [-0.1, -0.05) is 6.92 Å². The maximum absolute atomic E-state index is 3.66. The van der Waals surface area contributed by atoms with Crippen LogP contribution < -0.4 is 5.32 Å².